The first-order chi connectivity index (χ1) is 24.6. The number of ketones is 1. The molecule has 1 aromatic carbocycles. The fraction of sp³-hybridized carbons (Fsp3) is 0.647. The third-order valence-corrected chi connectivity index (χ3v) is 6.39. The Labute approximate surface area is 293 Å². The molecule has 0 fully saturated rings. The van der Waals surface area contributed by atoms with Gasteiger partial charge in [0.1, 0.15) is 6.61 Å². The van der Waals surface area contributed by atoms with Crippen LogP contribution in [0.25, 0.3) is 0 Å². The average Bonchev–Trinajstić information content (AvgIpc) is 3.45. The summed E-state index contributed by atoms with van der Waals surface area (Å²) < 4.78 is 59.1. The number of amides is 2. The van der Waals surface area contributed by atoms with E-state index in [-0.39, 0.29) is 43.7 Å². The summed E-state index contributed by atoms with van der Waals surface area (Å²) in [5.74, 6) is -2.21. The maximum Gasteiger partial charge on any atom is 0.379 e. The van der Waals surface area contributed by atoms with Crippen LogP contribution in [-0.4, -0.2) is 174 Å². The lowest BCUT2D eigenvalue weighted by Gasteiger charge is -2.13. The summed E-state index contributed by atoms with van der Waals surface area (Å²) in [7, 11) is 0. The van der Waals surface area contributed by atoms with Gasteiger partial charge in [-0.3, -0.25) is 19.3 Å². The number of hydrogen-bond acceptors (Lipinski definition) is 15. The van der Waals surface area contributed by atoms with E-state index < -0.39 is 11.8 Å². The Morgan fingerprint density at radius 3 is 1.06 bits per heavy atom. The van der Waals surface area contributed by atoms with Crippen molar-refractivity contribution in [3.8, 4) is 0 Å². The second-order valence-corrected chi connectivity index (χ2v) is 10.1. The highest BCUT2D eigenvalue weighted by Gasteiger charge is 2.22. The largest absolute Gasteiger partial charge is 0.457 e. The molecule has 50 heavy (non-hydrogen) atoms. The molecule has 1 aromatic rings. The molecule has 0 N–H and O–H groups in total. The summed E-state index contributed by atoms with van der Waals surface area (Å²) in [6.07, 6.45) is 2.50. The maximum atomic E-state index is 11.9. The van der Waals surface area contributed by atoms with Crippen molar-refractivity contribution in [1.29, 1.82) is 0 Å². The first kappa shape index (κ1) is 43.0. The minimum atomic E-state index is -0.904. The number of carbonyl (C=O) groups is 4. The molecule has 16 nitrogen and oxygen atoms in total. The number of imide groups is 1. The van der Waals surface area contributed by atoms with E-state index in [4.69, 9.17) is 52.1 Å². The standard InChI is InChI=1S/C34H51NO15/c36-31-6-7-32(37)35(31)8-9-40-10-11-41-12-13-42-14-15-43-16-17-44-18-19-45-20-21-46-22-23-47-24-25-48-26-27-49-28-29-50-34(39)33(38)30-4-2-1-3-5-30/h1-7H,8-29H2. The molecule has 0 radical (unpaired) electrons. The number of benzene rings is 1. The number of esters is 1. The van der Waals surface area contributed by atoms with E-state index in [1.54, 1.807) is 30.3 Å². The van der Waals surface area contributed by atoms with Gasteiger partial charge in [-0.1, -0.05) is 30.3 Å². The van der Waals surface area contributed by atoms with Gasteiger partial charge in [-0.25, -0.2) is 4.79 Å². The third kappa shape index (κ3) is 22.5. The number of nitrogens with zero attached hydrogens (tertiary/aromatic N) is 1. The highest BCUT2D eigenvalue weighted by Crippen LogP contribution is 2.03. The third-order valence-electron chi connectivity index (χ3n) is 6.39. The second-order valence-electron chi connectivity index (χ2n) is 10.1. The molecule has 0 atom stereocenters. The molecule has 0 bridgehead atoms. The molecule has 1 aliphatic rings. The number of rotatable bonds is 35. The summed E-state index contributed by atoms with van der Waals surface area (Å²) >= 11 is 0. The molecule has 0 aromatic heterocycles. The normalized spacial score (nSPS) is 12.7. The summed E-state index contributed by atoms with van der Waals surface area (Å²) in [6, 6.07) is 8.23. The van der Waals surface area contributed by atoms with Gasteiger partial charge < -0.3 is 52.1 Å². The van der Waals surface area contributed by atoms with E-state index in [0.29, 0.717) is 119 Å². The van der Waals surface area contributed by atoms with Gasteiger partial charge in [0.25, 0.3) is 17.6 Å². The van der Waals surface area contributed by atoms with Crippen LogP contribution in [-0.2, 0) is 66.5 Å². The van der Waals surface area contributed by atoms with Crippen molar-refractivity contribution in [3.63, 3.8) is 0 Å². The topological polar surface area (TPSA) is 173 Å². The molecule has 1 heterocycles. The van der Waals surface area contributed by atoms with Crippen molar-refractivity contribution >= 4 is 23.6 Å². The highest BCUT2D eigenvalue weighted by atomic mass is 16.6. The van der Waals surface area contributed by atoms with Gasteiger partial charge >= 0.3 is 5.97 Å². The predicted molar refractivity (Wildman–Crippen MR) is 176 cm³/mol. The summed E-state index contributed by atoms with van der Waals surface area (Å²) in [5, 5.41) is 0. The van der Waals surface area contributed by atoms with Gasteiger partial charge in [0.2, 0.25) is 0 Å². The van der Waals surface area contributed by atoms with Crippen molar-refractivity contribution in [2.24, 2.45) is 0 Å². The Hall–Kier alpha value is -3.16. The van der Waals surface area contributed by atoms with Crippen molar-refractivity contribution in [1.82, 2.24) is 4.90 Å². The fourth-order valence-corrected chi connectivity index (χ4v) is 3.85. The Kier molecular flexibility index (Phi) is 26.4. The quantitative estimate of drug-likeness (QED) is 0.0313. The van der Waals surface area contributed by atoms with Crippen LogP contribution in [0.4, 0.5) is 0 Å². The van der Waals surface area contributed by atoms with E-state index in [9.17, 15) is 19.2 Å². The molecular formula is C34H51NO15. The summed E-state index contributed by atoms with van der Waals surface area (Å²) in [4.78, 5) is 47.5. The number of Topliss-reactive ketones (excluding diaryl/α,β-unsaturated/α-hetero) is 1. The van der Waals surface area contributed by atoms with Crippen molar-refractivity contribution in [2.45, 2.75) is 0 Å². The van der Waals surface area contributed by atoms with Gasteiger partial charge in [0, 0.05) is 17.7 Å². The molecule has 282 valence electrons. The van der Waals surface area contributed by atoms with E-state index in [0.717, 1.165) is 4.90 Å². The van der Waals surface area contributed by atoms with Crippen LogP contribution in [0.1, 0.15) is 10.4 Å². The first-order valence-corrected chi connectivity index (χ1v) is 16.7. The average molecular weight is 714 g/mol. The van der Waals surface area contributed by atoms with Crippen molar-refractivity contribution in [3.05, 3.63) is 48.0 Å². The molecule has 0 unspecified atom stereocenters. The lowest BCUT2D eigenvalue weighted by molar-refractivity contribution is -0.140. The van der Waals surface area contributed by atoms with Crippen LogP contribution in [0.5, 0.6) is 0 Å². The van der Waals surface area contributed by atoms with Crippen LogP contribution in [0.15, 0.2) is 42.5 Å². The van der Waals surface area contributed by atoms with Crippen LogP contribution in [0, 0.1) is 0 Å². The van der Waals surface area contributed by atoms with Crippen molar-refractivity contribution < 1.29 is 71.3 Å². The Balaban J connectivity index is 1.16. The fourth-order valence-electron chi connectivity index (χ4n) is 3.85. The molecule has 2 rings (SSSR count). The first-order valence-electron chi connectivity index (χ1n) is 16.7. The number of hydrogen-bond donors (Lipinski definition) is 0. The van der Waals surface area contributed by atoms with Gasteiger partial charge in [-0.05, 0) is 0 Å². The molecule has 0 spiro atoms. The molecule has 2 amide bonds. The summed E-state index contributed by atoms with van der Waals surface area (Å²) in [5.41, 5.74) is 0.290. The molecular weight excluding hydrogens is 662 g/mol. The van der Waals surface area contributed by atoms with Crippen molar-refractivity contribution in [2.75, 3.05) is 145 Å². The van der Waals surface area contributed by atoms with Crippen LogP contribution in [0.3, 0.4) is 0 Å². The van der Waals surface area contributed by atoms with Gasteiger partial charge in [-0.15, -0.1) is 0 Å². The van der Waals surface area contributed by atoms with E-state index >= 15 is 0 Å². The highest BCUT2D eigenvalue weighted by molar-refractivity contribution is 6.40. The lowest BCUT2D eigenvalue weighted by Crippen LogP contribution is -2.33. The molecule has 0 saturated heterocycles. The minimum Gasteiger partial charge on any atom is -0.457 e. The maximum absolute atomic E-state index is 11.9. The Morgan fingerprint density at radius 1 is 0.420 bits per heavy atom. The number of ether oxygens (including phenoxy) is 11. The minimum absolute atomic E-state index is 0.0103. The van der Waals surface area contributed by atoms with Crippen LogP contribution < -0.4 is 0 Å². The zero-order chi connectivity index (χ0) is 35.7. The van der Waals surface area contributed by atoms with Gasteiger partial charge in [0.15, 0.2) is 0 Å². The van der Waals surface area contributed by atoms with E-state index in [2.05, 4.69) is 0 Å². The summed E-state index contributed by atoms with van der Waals surface area (Å²) in [6.45, 7) is 8.40. The Morgan fingerprint density at radius 2 is 0.720 bits per heavy atom. The van der Waals surface area contributed by atoms with Crippen LogP contribution in [0.2, 0.25) is 0 Å². The molecule has 0 aliphatic carbocycles. The van der Waals surface area contributed by atoms with Gasteiger partial charge in [0.05, 0.1) is 139 Å². The zero-order valence-corrected chi connectivity index (χ0v) is 28.7. The van der Waals surface area contributed by atoms with E-state index in [1.807, 2.05) is 0 Å². The lowest BCUT2D eigenvalue weighted by atomic mass is 10.1. The zero-order valence-electron chi connectivity index (χ0n) is 28.7. The second kappa shape index (κ2) is 30.6. The smallest absolute Gasteiger partial charge is 0.379 e. The van der Waals surface area contributed by atoms with Gasteiger partial charge in [-0.2, -0.15) is 0 Å². The SMILES string of the molecule is O=C(OCCOCCOCCOCCOCCOCCOCCOCCOCCOCCOCCN1C(=O)C=CC1=O)C(=O)c1ccccc1. The molecule has 0 saturated carbocycles. The van der Waals surface area contributed by atoms with E-state index in [1.165, 1.54) is 12.2 Å². The predicted octanol–water partition coefficient (Wildman–Crippen LogP) is 0.504. The number of carbonyl (C=O) groups excluding carboxylic acids is 4. The monoisotopic (exact) mass is 713 g/mol. The van der Waals surface area contributed by atoms with Crippen LogP contribution >= 0.6 is 0 Å². The molecule has 1 aliphatic heterocycles. The molecule has 16 heteroatoms. The Bertz CT molecular complexity index is 1050.